The van der Waals surface area contributed by atoms with Crippen molar-refractivity contribution in [3.63, 3.8) is 0 Å². The third kappa shape index (κ3) is 3.97. The third-order valence-corrected chi connectivity index (χ3v) is 5.68. The molecule has 0 saturated heterocycles. The number of rotatable bonds is 5. The summed E-state index contributed by atoms with van der Waals surface area (Å²) in [4.78, 5) is 24.3. The fraction of sp³-hybridized carbons (Fsp3) is 0.0952. The molecule has 3 aromatic heterocycles. The van der Waals surface area contributed by atoms with E-state index in [0.717, 1.165) is 16.8 Å². The maximum atomic E-state index is 12.5. The van der Waals surface area contributed by atoms with Crippen LogP contribution in [0.5, 0.6) is 0 Å². The monoisotopic (exact) mass is 450 g/mol. The summed E-state index contributed by atoms with van der Waals surface area (Å²) in [6, 6.07) is 15.0. The molecule has 0 amide bonds. The van der Waals surface area contributed by atoms with Crippen molar-refractivity contribution in [2.45, 2.75) is 17.8 Å². The summed E-state index contributed by atoms with van der Waals surface area (Å²) in [5.41, 5.74) is 2.91. The number of thioether (sulfide) groups is 1. The summed E-state index contributed by atoms with van der Waals surface area (Å²) < 4.78 is 6.94. The molecular weight excluding hydrogens is 436 g/mol. The van der Waals surface area contributed by atoms with Crippen LogP contribution in [0.3, 0.4) is 0 Å². The van der Waals surface area contributed by atoms with E-state index in [1.54, 1.807) is 16.8 Å². The summed E-state index contributed by atoms with van der Waals surface area (Å²) in [6.45, 7) is 2.02. The molecule has 0 aliphatic heterocycles. The molecule has 0 bridgehead atoms. The Labute approximate surface area is 185 Å². The van der Waals surface area contributed by atoms with Gasteiger partial charge in [-0.15, -0.1) is 0 Å². The molecule has 154 valence electrons. The highest BCUT2D eigenvalue weighted by Crippen LogP contribution is 2.23. The van der Waals surface area contributed by atoms with Crippen LogP contribution in [0.4, 0.5) is 0 Å². The first kappa shape index (κ1) is 19.5. The Morgan fingerprint density at radius 3 is 2.81 bits per heavy atom. The fourth-order valence-corrected chi connectivity index (χ4v) is 3.91. The summed E-state index contributed by atoms with van der Waals surface area (Å²) in [5.74, 6) is 1.34. The van der Waals surface area contributed by atoms with Crippen LogP contribution in [-0.4, -0.2) is 29.9 Å². The molecule has 31 heavy (non-hydrogen) atoms. The van der Waals surface area contributed by atoms with Gasteiger partial charge in [-0.2, -0.15) is 10.1 Å². The predicted octanol–water partition coefficient (Wildman–Crippen LogP) is 4.41. The van der Waals surface area contributed by atoms with Crippen LogP contribution >= 0.6 is 23.4 Å². The van der Waals surface area contributed by atoms with Gasteiger partial charge in [-0.05, 0) is 37.3 Å². The van der Waals surface area contributed by atoms with Gasteiger partial charge in [-0.1, -0.05) is 52.3 Å². The molecule has 0 saturated carbocycles. The van der Waals surface area contributed by atoms with Crippen LogP contribution in [-0.2, 0) is 5.75 Å². The number of aryl methyl sites for hydroxylation is 1. The van der Waals surface area contributed by atoms with Crippen molar-refractivity contribution >= 4 is 34.4 Å². The molecule has 0 spiro atoms. The Kier molecular flexibility index (Phi) is 5.05. The van der Waals surface area contributed by atoms with Crippen molar-refractivity contribution in [3.05, 3.63) is 81.5 Å². The molecular formula is C21H15ClN6O2S. The zero-order valence-corrected chi connectivity index (χ0v) is 17.8. The molecule has 8 nitrogen and oxygen atoms in total. The van der Waals surface area contributed by atoms with Gasteiger partial charge in [0.05, 0.1) is 17.6 Å². The molecule has 0 radical (unpaired) electrons. The first-order valence-electron chi connectivity index (χ1n) is 9.33. The lowest BCUT2D eigenvalue weighted by molar-refractivity contribution is 0.425. The highest BCUT2D eigenvalue weighted by Gasteiger charge is 2.14. The van der Waals surface area contributed by atoms with Gasteiger partial charge in [-0.3, -0.25) is 4.79 Å². The molecule has 5 aromatic rings. The molecule has 5 rings (SSSR count). The number of nitrogens with one attached hydrogen (secondary N) is 1. The Hall–Kier alpha value is -3.43. The van der Waals surface area contributed by atoms with E-state index in [0.29, 0.717) is 38.7 Å². The highest BCUT2D eigenvalue weighted by atomic mass is 35.5. The number of hydrogen-bond donors (Lipinski definition) is 1. The lowest BCUT2D eigenvalue weighted by Gasteiger charge is -2.04. The number of hydrogen-bond acceptors (Lipinski definition) is 7. The molecule has 0 unspecified atom stereocenters. The van der Waals surface area contributed by atoms with Gasteiger partial charge in [0.25, 0.3) is 11.4 Å². The molecule has 0 aliphatic carbocycles. The van der Waals surface area contributed by atoms with Crippen LogP contribution < -0.4 is 5.56 Å². The van der Waals surface area contributed by atoms with E-state index < -0.39 is 0 Å². The molecule has 0 aliphatic rings. The van der Waals surface area contributed by atoms with Crippen molar-refractivity contribution < 1.29 is 4.52 Å². The van der Waals surface area contributed by atoms with Crippen molar-refractivity contribution in [2.24, 2.45) is 0 Å². The van der Waals surface area contributed by atoms with Gasteiger partial charge in [0.2, 0.25) is 0 Å². The minimum Gasteiger partial charge on any atom is -0.334 e. The molecule has 3 heterocycles. The smallest absolute Gasteiger partial charge is 0.262 e. The second kappa shape index (κ2) is 8.01. The van der Waals surface area contributed by atoms with Crippen molar-refractivity contribution in [1.29, 1.82) is 0 Å². The van der Waals surface area contributed by atoms with Gasteiger partial charge in [-0.25, -0.2) is 9.67 Å². The van der Waals surface area contributed by atoms with Gasteiger partial charge in [0, 0.05) is 10.6 Å². The lowest BCUT2D eigenvalue weighted by atomic mass is 10.1. The second-order valence-electron chi connectivity index (χ2n) is 6.82. The van der Waals surface area contributed by atoms with Crippen LogP contribution in [0.1, 0.15) is 11.4 Å². The quantitative estimate of drug-likeness (QED) is 0.312. The van der Waals surface area contributed by atoms with E-state index in [9.17, 15) is 4.79 Å². The Balaban J connectivity index is 1.40. The molecule has 0 atom stereocenters. The Morgan fingerprint density at radius 2 is 2.00 bits per heavy atom. The van der Waals surface area contributed by atoms with Crippen molar-refractivity contribution in [1.82, 2.24) is 29.9 Å². The van der Waals surface area contributed by atoms with Crippen LogP contribution in [0.2, 0.25) is 5.02 Å². The first-order chi connectivity index (χ1) is 15.1. The average Bonchev–Trinajstić information content (AvgIpc) is 3.40. The number of aromatic nitrogens is 6. The standard InChI is InChI=1S/C21H15ClN6O2S/c1-12-5-7-13(8-6-12)20-24-17(27-30-20)11-31-21-25-18-16(19(29)26-21)10-23-28(18)15-4-2-3-14(22)9-15/h2-10H,11H2,1H3,(H,25,26,29). The highest BCUT2D eigenvalue weighted by molar-refractivity contribution is 7.98. The Bertz CT molecular complexity index is 1440. The molecule has 2 aromatic carbocycles. The second-order valence-corrected chi connectivity index (χ2v) is 8.22. The number of halogens is 1. The van der Waals surface area contributed by atoms with Gasteiger partial charge in [0.15, 0.2) is 16.6 Å². The lowest BCUT2D eigenvalue weighted by Crippen LogP contribution is -2.09. The zero-order chi connectivity index (χ0) is 21.4. The summed E-state index contributed by atoms with van der Waals surface area (Å²) in [5, 5.41) is 9.72. The zero-order valence-electron chi connectivity index (χ0n) is 16.2. The first-order valence-corrected chi connectivity index (χ1v) is 10.7. The number of fused-ring (bicyclic) bond motifs is 1. The van der Waals surface area contributed by atoms with Gasteiger partial charge < -0.3 is 9.51 Å². The van der Waals surface area contributed by atoms with E-state index in [1.165, 1.54) is 18.0 Å². The van der Waals surface area contributed by atoms with Crippen molar-refractivity contribution in [2.75, 3.05) is 0 Å². The van der Waals surface area contributed by atoms with E-state index in [-0.39, 0.29) is 5.56 Å². The van der Waals surface area contributed by atoms with Gasteiger partial charge >= 0.3 is 0 Å². The van der Waals surface area contributed by atoms with E-state index in [4.69, 9.17) is 16.1 Å². The maximum Gasteiger partial charge on any atom is 0.262 e. The van der Waals surface area contributed by atoms with Crippen LogP contribution in [0.15, 0.2) is 69.2 Å². The predicted molar refractivity (Wildman–Crippen MR) is 119 cm³/mol. The molecule has 1 N–H and O–H groups in total. The Morgan fingerprint density at radius 1 is 1.16 bits per heavy atom. The number of nitrogens with zero attached hydrogens (tertiary/aromatic N) is 5. The SMILES string of the molecule is Cc1ccc(-c2nc(CSc3nc4c(cnn4-c4cccc(Cl)c4)c(=O)[nH]3)no2)cc1. The normalized spacial score (nSPS) is 11.3. The largest absolute Gasteiger partial charge is 0.334 e. The van der Waals surface area contributed by atoms with Gasteiger partial charge in [0.1, 0.15) is 5.39 Å². The summed E-state index contributed by atoms with van der Waals surface area (Å²) >= 11 is 7.40. The van der Waals surface area contributed by atoms with E-state index in [2.05, 4.69) is 25.2 Å². The minimum absolute atomic E-state index is 0.269. The maximum absolute atomic E-state index is 12.5. The topological polar surface area (TPSA) is 102 Å². The van der Waals surface area contributed by atoms with E-state index >= 15 is 0 Å². The third-order valence-electron chi connectivity index (χ3n) is 4.57. The average molecular weight is 451 g/mol. The number of aromatic amines is 1. The summed E-state index contributed by atoms with van der Waals surface area (Å²) in [7, 11) is 0. The van der Waals surface area contributed by atoms with Crippen molar-refractivity contribution in [3.8, 4) is 17.1 Å². The molecule has 10 heteroatoms. The van der Waals surface area contributed by atoms with Crippen LogP contribution in [0.25, 0.3) is 28.2 Å². The number of benzene rings is 2. The van der Waals surface area contributed by atoms with E-state index in [1.807, 2.05) is 43.3 Å². The molecule has 0 fully saturated rings. The number of H-pyrrole nitrogens is 1. The summed E-state index contributed by atoms with van der Waals surface area (Å²) in [6.07, 6.45) is 1.49. The fourth-order valence-electron chi connectivity index (χ4n) is 3.02. The van der Waals surface area contributed by atoms with Crippen LogP contribution in [0, 0.1) is 6.92 Å². The minimum atomic E-state index is -0.269.